The number of carbonyl (C=O) groups is 3. The van der Waals surface area contributed by atoms with Crippen molar-refractivity contribution in [1.82, 2.24) is 14.0 Å². The van der Waals surface area contributed by atoms with E-state index in [9.17, 15) is 19.2 Å². The summed E-state index contributed by atoms with van der Waals surface area (Å²) in [5.74, 6) is 0.0647. The summed E-state index contributed by atoms with van der Waals surface area (Å²) in [7, 11) is 1.57. The highest BCUT2D eigenvalue weighted by Crippen LogP contribution is 2.37. The number of piperidine rings is 1. The van der Waals surface area contributed by atoms with E-state index < -0.39 is 6.04 Å². The van der Waals surface area contributed by atoms with Gasteiger partial charge < -0.3 is 4.74 Å². The summed E-state index contributed by atoms with van der Waals surface area (Å²) >= 11 is 0. The smallest absolute Gasteiger partial charge is 0.330 e. The van der Waals surface area contributed by atoms with Crippen molar-refractivity contribution in [3.63, 3.8) is 0 Å². The van der Waals surface area contributed by atoms with Gasteiger partial charge in [0.15, 0.2) is 0 Å². The molecule has 2 fully saturated rings. The number of imide groups is 1. The molecule has 1 aliphatic carbocycles. The normalized spacial score (nSPS) is 18.9. The van der Waals surface area contributed by atoms with E-state index >= 15 is 0 Å². The molecular formula is C24H23N3O5. The Kier molecular flexibility index (Phi) is 4.92. The number of carbonyl (C=O) groups excluding carboxylic acids is 3. The molecule has 8 nitrogen and oxygen atoms in total. The Morgan fingerprint density at radius 2 is 1.72 bits per heavy atom. The first-order valence-electron chi connectivity index (χ1n) is 10.7. The van der Waals surface area contributed by atoms with Gasteiger partial charge in [0.2, 0.25) is 5.91 Å². The summed E-state index contributed by atoms with van der Waals surface area (Å²) in [4.78, 5) is 52.0. The van der Waals surface area contributed by atoms with E-state index in [0.29, 0.717) is 22.3 Å². The number of fused-ring (bicyclic) bond motifs is 1. The highest BCUT2D eigenvalue weighted by Gasteiger charge is 2.39. The van der Waals surface area contributed by atoms with Gasteiger partial charge in [-0.05, 0) is 55.2 Å². The minimum absolute atomic E-state index is 0.0869. The molecule has 32 heavy (non-hydrogen) atoms. The molecule has 1 aromatic heterocycles. The number of amides is 2. The Bertz CT molecular complexity index is 1280. The van der Waals surface area contributed by atoms with Crippen molar-refractivity contribution < 1.29 is 19.1 Å². The number of rotatable bonds is 6. The molecule has 1 saturated heterocycles. The molecule has 2 aliphatic rings. The van der Waals surface area contributed by atoms with Gasteiger partial charge in [-0.1, -0.05) is 12.1 Å². The van der Waals surface area contributed by atoms with Gasteiger partial charge in [-0.3, -0.25) is 28.4 Å². The van der Waals surface area contributed by atoms with E-state index in [2.05, 4.69) is 0 Å². The molecular weight excluding hydrogens is 410 g/mol. The quantitative estimate of drug-likeness (QED) is 0.440. The average Bonchev–Trinajstić information content (AvgIpc) is 3.60. The van der Waals surface area contributed by atoms with Crippen molar-refractivity contribution in [3.8, 4) is 5.75 Å². The number of hydrogen-bond donors (Lipinski definition) is 0. The Morgan fingerprint density at radius 1 is 0.969 bits per heavy atom. The van der Waals surface area contributed by atoms with Crippen molar-refractivity contribution >= 4 is 29.1 Å². The van der Waals surface area contributed by atoms with Gasteiger partial charge in [-0.25, -0.2) is 4.79 Å². The van der Waals surface area contributed by atoms with Crippen molar-refractivity contribution in [3.05, 3.63) is 64.1 Å². The lowest BCUT2D eigenvalue weighted by atomic mass is 10.0. The van der Waals surface area contributed by atoms with Crippen LogP contribution in [0.5, 0.6) is 5.75 Å². The van der Waals surface area contributed by atoms with E-state index in [1.807, 2.05) is 12.1 Å². The molecule has 2 heterocycles. The number of aldehydes is 1. The molecule has 0 bridgehead atoms. The number of methoxy groups -OCH3 is 1. The van der Waals surface area contributed by atoms with Crippen LogP contribution in [-0.4, -0.2) is 39.2 Å². The molecule has 1 atom stereocenters. The SMILES string of the molecule is COc1ccc(CN2C(=O)CCC(n3c(=O)n(C4CC4)c4cc(C=O)ccc43)C2=O)cc1. The maximum Gasteiger partial charge on any atom is 0.330 e. The number of hydrogen-bond acceptors (Lipinski definition) is 5. The van der Waals surface area contributed by atoms with Crippen LogP contribution in [0.1, 0.15) is 53.7 Å². The Balaban J connectivity index is 1.53. The molecule has 2 aromatic carbocycles. The molecule has 8 heteroatoms. The van der Waals surface area contributed by atoms with Gasteiger partial charge in [-0.2, -0.15) is 0 Å². The standard InChI is InChI=1S/C24H23N3O5/c1-32-18-7-2-15(3-8-18)13-25-22(29)11-10-20(23(25)30)27-19-9-4-16(14-28)12-21(19)26(24(27)31)17-5-6-17/h2-4,7-9,12,14,17,20H,5-6,10-11,13H2,1H3. The topological polar surface area (TPSA) is 90.6 Å². The minimum Gasteiger partial charge on any atom is -0.497 e. The zero-order valence-electron chi connectivity index (χ0n) is 17.7. The third-order valence-corrected chi connectivity index (χ3v) is 6.27. The molecule has 0 spiro atoms. The Morgan fingerprint density at radius 3 is 2.38 bits per heavy atom. The third kappa shape index (κ3) is 3.32. The molecule has 1 saturated carbocycles. The van der Waals surface area contributed by atoms with Crippen LogP contribution in [0.15, 0.2) is 47.3 Å². The van der Waals surface area contributed by atoms with E-state index in [4.69, 9.17) is 4.74 Å². The van der Waals surface area contributed by atoms with Crippen LogP contribution < -0.4 is 10.4 Å². The molecule has 2 amide bonds. The molecule has 0 radical (unpaired) electrons. The summed E-state index contributed by atoms with van der Waals surface area (Å²) < 4.78 is 8.37. The van der Waals surface area contributed by atoms with Gasteiger partial charge >= 0.3 is 5.69 Å². The largest absolute Gasteiger partial charge is 0.497 e. The highest BCUT2D eigenvalue weighted by molar-refractivity contribution is 6.00. The lowest BCUT2D eigenvalue weighted by Crippen LogP contribution is -2.47. The summed E-state index contributed by atoms with van der Waals surface area (Å²) in [6.07, 6.45) is 2.99. The van der Waals surface area contributed by atoms with Gasteiger partial charge in [0.25, 0.3) is 5.91 Å². The van der Waals surface area contributed by atoms with Gasteiger partial charge in [0.1, 0.15) is 18.1 Å². The van der Waals surface area contributed by atoms with Crippen LogP contribution in [0.2, 0.25) is 0 Å². The second-order valence-corrected chi connectivity index (χ2v) is 8.34. The van der Waals surface area contributed by atoms with Gasteiger partial charge in [0.05, 0.1) is 24.7 Å². The molecule has 1 aliphatic heterocycles. The predicted octanol–water partition coefficient (Wildman–Crippen LogP) is 2.85. The lowest BCUT2D eigenvalue weighted by molar-refractivity contribution is -0.151. The third-order valence-electron chi connectivity index (χ3n) is 6.27. The fourth-order valence-electron chi connectivity index (χ4n) is 4.46. The van der Waals surface area contributed by atoms with E-state index in [1.54, 1.807) is 42.0 Å². The number of nitrogens with zero attached hydrogens (tertiary/aromatic N) is 3. The van der Waals surface area contributed by atoms with Crippen molar-refractivity contribution in [2.75, 3.05) is 7.11 Å². The van der Waals surface area contributed by atoms with E-state index in [0.717, 1.165) is 24.7 Å². The summed E-state index contributed by atoms with van der Waals surface area (Å²) in [5.41, 5.74) is 2.30. The molecule has 3 aromatic rings. The second kappa shape index (κ2) is 7.78. The van der Waals surface area contributed by atoms with Crippen LogP contribution in [-0.2, 0) is 16.1 Å². The van der Waals surface area contributed by atoms with Gasteiger partial charge in [-0.15, -0.1) is 0 Å². The summed E-state index contributed by atoms with van der Waals surface area (Å²) in [6.45, 7) is 0.142. The highest BCUT2D eigenvalue weighted by atomic mass is 16.5. The number of likely N-dealkylation sites (tertiary alicyclic amines) is 1. The fourth-order valence-corrected chi connectivity index (χ4v) is 4.46. The van der Waals surface area contributed by atoms with Crippen LogP contribution >= 0.6 is 0 Å². The summed E-state index contributed by atoms with van der Waals surface area (Å²) in [6, 6.07) is 11.6. The molecule has 1 unspecified atom stereocenters. The first kappa shape index (κ1) is 20.2. The first-order chi connectivity index (χ1) is 15.5. The Labute approximate surface area is 184 Å². The zero-order valence-corrected chi connectivity index (χ0v) is 17.7. The van der Waals surface area contributed by atoms with Crippen LogP contribution in [0.4, 0.5) is 0 Å². The minimum atomic E-state index is -0.761. The van der Waals surface area contributed by atoms with Crippen molar-refractivity contribution in [2.45, 2.75) is 44.3 Å². The zero-order chi connectivity index (χ0) is 22.4. The number of imidazole rings is 1. The number of aromatic nitrogens is 2. The lowest BCUT2D eigenvalue weighted by Gasteiger charge is -2.31. The Hall–Kier alpha value is -3.68. The maximum atomic E-state index is 13.4. The predicted molar refractivity (Wildman–Crippen MR) is 117 cm³/mol. The molecule has 5 rings (SSSR count). The fraction of sp³-hybridized carbons (Fsp3) is 0.333. The summed E-state index contributed by atoms with van der Waals surface area (Å²) in [5, 5.41) is 0. The molecule has 0 N–H and O–H groups in total. The van der Waals surface area contributed by atoms with Crippen molar-refractivity contribution in [2.24, 2.45) is 0 Å². The first-order valence-corrected chi connectivity index (χ1v) is 10.7. The number of benzene rings is 2. The van der Waals surface area contributed by atoms with Crippen LogP contribution in [0.25, 0.3) is 11.0 Å². The monoisotopic (exact) mass is 433 g/mol. The van der Waals surface area contributed by atoms with Crippen LogP contribution in [0, 0.1) is 0 Å². The second-order valence-electron chi connectivity index (χ2n) is 8.34. The van der Waals surface area contributed by atoms with Crippen molar-refractivity contribution in [1.29, 1.82) is 0 Å². The molecule has 164 valence electrons. The van der Waals surface area contributed by atoms with Crippen LogP contribution in [0.3, 0.4) is 0 Å². The van der Waals surface area contributed by atoms with E-state index in [-0.39, 0.29) is 42.9 Å². The number of ether oxygens (including phenoxy) is 1. The maximum absolute atomic E-state index is 13.4. The van der Waals surface area contributed by atoms with E-state index in [1.165, 1.54) is 9.47 Å². The average molecular weight is 433 g/mol. The van der Waals surface area contributed by atoms with Gasteiger partial charge in [0, 0.05) is 18.0 Å².